The van der Waals surface area contributed by atoms with Gasteiger partial charge in [0.15, 0.2) is 12.2 Å². The van der Waals surface area contributed by atoms with E-state index in [0.717, 1.165) is 40.6 Å². The third-order valence-electron chi connectivity index (χ3n) is 4.88. The van der Waals surface area contributed by atoms with Crippen molar-refractivity contribution < 1.29 is 4.79 Å². The summed E-state index contributed by atoms with van der Waals surface area (Å²) in [6, 6.07) is 10.5. The van der Waals surface area contributed by atoms with Crippen LogP contribution in [-0.2, 0) is 10.3 Å². The number of hydrogen-bond donors (Lipinski definition) is 4. The van der Waals surface area contributed by atoms with Gasteiger partial charge >= 0.3 is 0 Å². The molecule has 5 nitrogen and oxygen atoms in total. The molecule has 25 heavy (non-hydrogen) atoms. The van der Waals surface area contributed by atoms with Crippen molar-refractivity contribution in [3.8, 4) is 11.1 Å². The second-order valence-electron chi connectivity index (χ2n) is 6.49. The van der Waals surface area contributed by atoms with Gasteiger partial charge in [0.05, 0.1) is 0 Å². The fraction of sp³-hybridized carbons (Fsp3) is 0.263. The number of benzene rings is 1. The standard InChI is InChI=1S/C19H20N4OS/c1-21-18(20)23-19(11-24,15-3-4-15)17-9-14(10-25-17)12-2-5-16-13(8-12)6-7-22-16/h2,5-11,15,22H,3-4H2,1H3,(H3,20,21,23). The van der Waals surface area contributed by atoms with Crippen molar-refractivity contribution in [2.75, 3.05) is 7.05 Å². The maximum atomic E-state index is 12.1. The molecule has 2 heterocycles. The minimum absolute atomic E-state index is 0.169. The lowest BCUT2D eigenvalue weighted by Gasteiger charge is -2.29. The summed E-state index contributed by atoms with van der Waals surface area (Å²) in [6.07, 6.45) is 4.92. The van der Waals surface area contributed by atoms with Gasteiger partial charge in [-0.05, 0) is 64.9 Å². The summed E-state index contributed by atoms with van der Waals surface area (Å²) in [5, 5.41) is 17.1. The predicted molar refractivity (Wildman–Crippen MR) is 102 cm³/mol. The van der Waals surface area contributed by atoms with Crippen LogP contribution in [0.1, 0.15) is 17.7 Å². The lowest BCUT2D eigenvalue weighted by atomic mass is 9.92. The van der Waals surface area contributed by atoms with E-state index in [-0.39, 0.29) is 11.9 Å². The van der Waals surface area contributed by atoms with E-state index in [9.17, 15) is 4.79 Å². The molecule has 1 unspecified atom stereocenters. The summed E-state index contributed by atoms with van der Waals surface area (Å²) in [5.41, 5.74) is 2.55. The fourth-order valence-corrected chi connectivity index (χ4v) is 4.41. The minimum Gasteiger partial charge on any atom is -0.361 e. The molecule has 128 valence electrons. The molecule has 0 aliphatic heterocycles. The first-order valence-electron chi connectivity index (χ1n) is 8.33. The molecule has 2 aromatic heterocycles. The van der Waals surface area contributed by atoms with Gasteiger partial charge in [0.1, 0.15) is 5.54 Å². The highest BCUT2D eigenvalue weighted by atomic mass is 32.1. The molecule has 0 saturated heterocycles. The largest absolute Gasteiger partial charge is 0.361 e. The fourth-order valence-electron chi connectivity index (χ4n) is 3.29. The Morgan fingerprint density at radius 2 is 2.16 bits per heavy atom. The quantitative estimate of drug-likeness (QED) is 0.323. The van der Waals surface area contributed by atoms with E-state index >= 15 is 0 Å². The van der Waals surface area contributed by atoms with Gasteiger partial charge in [-0.25, -0.2) is 0 Å². The molecule has 1 fully saturated rings. The van der Waals surface area contributed by atoms with Crippen molar-refractivity contribution in [1.29, 1.82) is 5.41 Å². The predicted octanol–water partition coefficient (Wildman–Crippen LogP) is 3.44. The van der Waals surface area contributed by atoms with Gasteiger partial charge in [-0.15, -0.1) is 11.3 Å². The average Bonchev–Trinajstić information content (AvgIpc) is 3.19. The van der Waals surface area contributed by atoms with Crippen molar-refractivity contribution in [3.63, 3.8) is 0 Å². The van der Waals surface area contributed by atoms with Gasteiger partial charge in [0.25, 0.3) is 0 Å². The molecule has 1 aromatic carbocycles. The number of carbonyl (C=O) groups excluding carboxylic acids is 1. The summed E-state index contributed by atoms with van der Waals surface area (Å²) in [5.74, 6) is 0.417. The van der Waals surface area contributed by atoms with Crippen molar-refractivity contribution in [2.24, 2.45) is 5.92 Å². The van der Waals surface area contributed by atoms with Crippen LogP contribution in [-0.4, -0.2) is 24.3 Å². The molecule has 6 heteroatoms. The monoisotopic (exact) mass is 352 g/mol. The number of rotatable bonds is 5. The Bertz CT molecular complexity index is 940. The number of hydrogen-bond acceptors (Lipinski definition) is 3. The highest BCUT2D eigenvalue weighted by Crippen LogP contribution is 2.47. The Hall–Kier alpha value is -2.60. The van der Waals surface area contributed by atoms with Crippen LogP contribution >= 0.6 is 11.3 Å². The van der Waals surface area contributed by atoms with Crippen LogP contribution in [0.15, 0.2) is 41.9 Å². The van der Waals surface area contributed by atoms with Gasteiger partial charge in [-0.3, -0.25) is 5.41 Å². The van der Waals surface area contributed by atoms with Crippen LogP contribution in [0.2, 0.25) is 0 Å². The van der Waals surface area contributed by atoms with Crippen LogP contribution in [0, 0.1) is 11.3 Å². The number of carbonyl (C=O) groups is 1. The zero-order valence-corrected chi connectivity index (χ0v) is 14.7. The van der Waals surface area contributed by atoms with Crippen LogP contribution < -0.4 is 10.6 Å². The number of aldehydes is 1. The molecular weight excluding hydrogens is 332 g/mol. The number of nitrogens with one attached hydrogen (secondary N) is 4. The molecule has 0 radical (unpaired) electrons. The Morgan fingerprint density at radius 3 is 2.88 bits per heavy atom. The molecule has 1 aliphatic rings. The highest BCUT2D eigenvalue weighted by molar-refractivity contribution is 7.10. The average molecular weight is 352 g/mol. The number of aromatic nitrogens is 1. The summed E-state index contributed by atoms with van der Waals surface area (Å²) < 4.78 is 0. The molecule has 0 spiro atoms. The molecule has 1 aliphatic carbocycles. The Balaban J connectivity index is 1.72. The van der Waals surface area contributed by atoms with Crippen molar-refractivity contribution in [3.05, 3.63) is 46.8 Å². The van der Waals surface area contributed by atoms with Crippen LogP contribution in [0.5, 0.6) is 0 Å². The molecule has 3 aromatic rings. The lowest BCUT2D eigenvalue weighted by molar-refractivity contribution is -0.113. The van der Waals surface area contributed by atoms with E-state index in [0.29, 0.717) is 0 Å². The maximum absolute atomic E-state index is 12.1. The number of fused-ring (bicyclic) bond motifs is 1. The van der Waals surface area contributed by atoms with E-state index in [2.05, 4.69) is 51.3 Å². The SMILES string of the molecule is CNC(=N)NC(C=O)(c1cc(-c2ccc3[nH]ccc3c2)cs1)C1CC1. The van der Waals surface area contributed by atoms with Crippen molar-refractivity contribution >= 4 is 34.5 Å². The second-order valence-corrected chi connectivity index (χ2v) is 7.40. The third kappa shape index (κ3) is 2.72. The summed E-state index contributed by atoms with van der Waals surface area (Å²) in [4.78, 5) is 16.2. The highest BCUT2D eigenvalue weighted by Gasteiger charge is 2.48. The number of thiophene rings is 1. The second kappa shape index (κ2) is 6.04. The van der Waals surface area contributed by atoms with Crippen molar-refractivity contribution in [2.45, 2.75) is 18.4 Å². The number of H-pyrrole nitrogens is 1. The molecule has 0 bridgehead atoms. The van der Waals surface area contributed by atoms with Gasteiger partial charge in [-0.2, -0.15) is 0 Å². The zero-order valence-electron chi connectivity index (χ0n) is 13.9. The van der Waals surface area contributed by atoms with E-state index in [1.807, 2.05) is 6.20 Å². The van der Waals surface area contributed by atoms with E-state index in [1.54, 1.807) is 18.4 Å². The molecule has 4 N–H and O–H groups in total. The van der Waals surface area contributed by atoms with Gasteiger partial charge in [0.2, 0.25) is 0 Å². The van der Waals surface area contributed by atoms with Gasteiger partial charge in [0, 0.05) is 23.6 Å². The topological polar surface area (TPSA) is 80.8 Å². The first-order valence-corrected chi connectivity index (χ1v) is 9.21. The molecule has 1 atom stereocenters. The van der Waals surface area contributed by atoms with Crippen LogP contribution in [0.4, 0.5) is 0 Å². The first-order chi connectivity index (χ1) is 12.2. The molecule has 1 saturated carbocycles. The summed E-state index contributed by atoms with van der Waals surface area (Å²) >= 11 is 1.58. The Kier molecular flexibility index (Phi) is 3.84. The smallest absolute Gasteiger partial charge is 0.189 e. The summed E-state index contributed by atoms with van der Waals surface area (Å²) in [7, 11) is 1.68. The molecule has 0 amide bonds. The lowest BCUT2D eigenvalue weighted by Crippen LogP contribution is -2.51. The van der Waals surface area contributed by atoms with Crippen LogP contribution in [0.25, 0.3) is 22.0 Å². The Morgan fingerprint density at radius 1 is 1.32 bits per heavy atom. The Labute approximate surface area is 150 Å². The number of guanidine groups is 1. The van der Waals surface area contributed by atoms with Gasteiger partial charge in [-0.1, -0.05) is 6.07 Å². The molecule has 4 rings (SSSR count). The normalized spacial score (nSPS) is 16.4. The maximum Gasteiger partial charge on any atom is 0.189 e. The van der Waals surface area contributed by atoms with E-state index in [1.165, 1.54) is 5.39 Å². The van der Waals surface area contributed by atoms with E-state index in [4.69, 9.17) is 5.41 Å². The van der Waals surface area contributed by atoms with Crippen molar-refractivity contribution in [1.82, 2.24) is 15.6 Å². The zero-order chi connectivity index (χ0) is 17.4. The van der Waals surface area contributed by atoms with Crippen LogP contribution in [0.3, 0.4) is 0 Å². The minimum atomic E-state index is -0.804. The van der Waals surface area contributed by atoms with Gasteiger partial charge < -0.3 is 20.4 Å². The summed E-state index contributed by atoms with van der Waals surface area (Å²) in [6.45, 7) is 0. The molecular formula is C19H20N4OS. The first kappa shape index (κ1) is 15.9. The van der Waals surface area contributed by atoms with E-state index < -0.39 is 5.54 Å². The third-order valence-corrected chi connectivity index (χ3v) is 5.96. The number of aromatic amines is 1.